The Labute approximate surface area is 108 Å². The fourth-order valence-electron chi connectivity index (χ4n) is 2.34. The number of nitrogen functional groups attached to an aromatic ring is 1. The molecular weight excluding hydrogens is 226 g/mol. The van der Waals surface area contributed by atoms with Gasteiger partial charge < -0.3 is 4.90 Å². The number of benzene rings is 1. The Morgan fingerprint density at radius 3 is 2.56 bits per heavy atom. The van der Waals surface area contributed by atoms with Crippen molar-refractivity contribution in [1.82, 2.24) is 10.3 Å². The molecule has 1 aliphatic carbocycles. The van der Waals surface area contributed by atoms with Crippen molar-refractivity contribution in [3.8, 4) is 0 Å². The van der Waals surface area contributed by atoms with Gasteiger partial charge >= 0.3 is 0 Å². The number of carbonyl (C=O) groups excluding carboxylic acids is 1. The van der Waals surface area contributed by atoms with Gasteiger partial charge in [-0.05, 0) is 43.5 Å². The molecule has 0 spiro atoms. The second kappa shape index (κ2) is 5.98. The molecule has 0 saturated heterocycles. The van der Waals surface area contributed by atoms with Crippen molar-refractivity contribution in [3.05, 3.63) is 35.4 Å². The number of carbonyl (C=O) groups is 1. The first-order chi connectivity index (χ1) is 8.69. The van der Waals surface area contributed by atoms with Crippen molar-refractivity contribution in [1.29, 1.82) is 0 Å². The first kappa shape index (κ1) is 13.1. The molecule has 1 aromatic carbocycles. The van der Waals surface area contributed by atoms with E-state index >= 15 is 0 Å². The van der Waals surface area contributed by atoms with Crippen LogP contribution in [0.4, 0.5) is 0 Å². The molecule has 1 amide bonds. The SMILES string of the molecule is CN(Cc1ccc(C(=O)NN)cc1)CC1CCC1. The first-order valence-corrected chi connectivity index (χ1v) is 6.47. The predicted molar refractivity (Wildman–Crippen MR) is 71.8 cm³/mol. The summed E-state index contributed by atoms with van der Waals surface area (Å²) in [5.74, 6) is 5.73. The summed E-state index contributed by atoms with van der Waals surface area (Å²) in [4.78, 5) is 13.6. The molecule has 1 fully saturated rings. The lowest BCUT2D eigenvalue weighted by atomic mass is 9.85. The highest BCUT2D eigenvalue weighted by Gasteiger charge is 2.18. The molecule has 0 unspecified atom stereocenters. The Balaban J connectivity index is 1.86. The van der Waals surface area contributed by atoms with Crippen molar-refractivity contribution >= 4 is 5.91 Å². The van der Waals surface area contributed by atoms with Gasteiger partial charge in [-0.15, -0.1) is 0 Å². The van der Waals surface area contributed by atoms with Crippen molar-refractivity contribution in [2.75, 3.05) is 13.6 Å². The summed E-state index contributed by atoms with van der Waals surface area (Å²) in [6, 6.07) is 7.60. The highest BCUT2D eigenvalue weighted by Crippen LogP contribution is 2.27. The van der Waals surface area contributed by atoms with E-state index in [2.05, 4.69) is 17.4 Å². The number of nitrogens with zero attached hydrogens (tertiary/aromatic N) is 1. The number of nitrogens with two attached hydrogens (primary N) is 1. The van der Waals surface area contributed by atoms with Crippen LogP contribution in [0.5, 0.6) is 0 Å². The van der Waals surface area contributed by atoms with Crippen molar-refractivity contribution < 1.29 is 4.79 Å². The maximum Gasteiger partial charge on any atom is 0.265 e. The summed E-state index contributed by atoms with van der Waals surface area (Å²) < 4.78 is 0. The van der Waals surface area contributed by atoms with Gasteiger partial charge in [-0.2, -0.15) is 0 Å². The van der Waals surface area contributed by atoms with E-state index in [1.54, 1.807) is 0 Å². The summed E-state index contributed by atoms with van der Waals surface area (Å²) in [5.41, 5.74) is 3.96. The molecule has 0 atom stereocenters. The second-order valence-electron chi connectivity index (χ2n) is 5.16. The predicted octanol–water partition coefficient (Wildman–Crippen LogP) is 1.52. The molecule has 18 heavy (non-hydrogen) atoms. The van der Waals surface area contributed by atoms with Crippen LogP contribution in [0.15, 0.2) is 24.3 Å². The van der Waals surface area contributed by atoms with Crippen LogP contribution < -0.4 is 11.3 Å². The van der Waals surface area contributed by atoms with Crippen LogP contribution in [-0.2, 0) is 6.54 Å². The molecule has 0 radical (unpaired) electrons. The summed E-state index contributed by atoms with van der Waals surface area (Å²) in [7, 11) is 2.15. The molecule has 1 saturated carbocycles. The minimum Gasteiger partial charge on any atom is -0.302 e. The number of hydrogen-bond donors (Lipinski definition) is 2. The average molecular weight is 247 g/mol. The zero-order valence-corrected chi connectivity index (χ0v) is 10.9. The highest BCUT2D eigenvalue weighted by molar-refractivity contribution is 5.93. The van der Waals surface area contributed by atoms with Crippen LogP contribution in [-0.4, -0.2) is 24.4 Å². The Hall–Kier alpha value is -1.39. The van der Waals surface area contributed by atoms with E-state index < -0.39 is 0 Å². The Kier molecular flexibility index (Phi) is 4.33. The molecule has 4 nitrogen and oxygen atoms in total. The summed E-state index contributed by atoms with van der Waals surface area (Å²) in [6.07, 6.45) is 4.14. The molecule has 0 heterocycles. The number of hydrazine groups is 1. The zero-order chi connectivity index (χ0) is 13.0. The molecule has 98 valence electrons. The topological polar surface area (TPSA) is 58.4 Å². The van der Waals surface area contributed by atoms with E-state index in [9.17, 15) is 4.79 Å². The van der Waals surface area contributed by atoms with E-state index in [1.165, 1.54) is 31.4 Å². The van der Waals surface area contributed by atoms with Crippen LogP contribution in [0.3, 0.4) is 0 Å². The van der Waals surface area contributed by atoms with E-state index in [0.717, 1.165) is 12.5 Å². The lowest BCUT2D eigenvalue weighted by Crippen LogP contribution is -2.30. The van der Waals surface area contributed by atoms with Crippen molar-refractivity contribution in [3.63, 3.8) is 0 Å². The van der Waals surface area contributed by atoms with Crippen molar-refractivity contribution in [2.45, 2.75) is 25.8 Å². The van der Waals surface area contributed by atoms with E-state index in [-0.39, 0.29) is 5.91 Å². The maximum absolute atomic E-state index is 11.3. The largest absolute Gasteiger partial charge is 0.302 e. The van der Waals surface area contributed by atoms with Gasteiger partial charge in [0, 0.05) is 18.7 Å². The van der Waals surface area contributed by atoms with Gasteiger partial charge in [-0.25, -0.2) is 5.84 Å². The number of rotatable bonds is 5. The first-order valence-electron chi connectivity index (χ1n) is 6.47. The molecule has 0 aromatic heterocycles. The van der Waals surface area contributed by atoms with E-state index in [0.29, 0.717) is 5.56 Å². The number of amides is 1. The van der Waals surface area contributed by atoms with Gasteiger partial charge in [0.1, 0.15) is 0 Å². The average Bonchev–Trinajstić information content (AvgIpc) is 2.34. The third-order valence-electron chi connectivity index (χ3n) is 3.59. The fraction of sp³-hybridized carbons (Fsp3) is 0.500. The van der Waals surface area contributed by atoms with Crippen LogP contribution in [0.2, 0.25) is 0 Å². The molecule has 2 rings (SSSR count). The molecule has 0 bridgehead atoms. The van der Waals surface area contributed by atoms with Gasteiger partial charge in [-0.3, -0.25) is 10.2 Å². The van der Waals surface area contributed by atoms with Gasteiger partial charge in [0.15, 0.2) is 0 Å². The number of hydrogen-bond acceptors (Lipinski definition) is 3. The summed E-state index contributed by atoms with van der Waals surface area (Å²) in [5, 5.41) is 0. The van der Waals surface area contributed by atoms with Crippen LogP contribution in [0.1, 0.15) is 35.2 Å². The molecule has 3 N–H and O–H groups in total. The third-order valence-corrected chi connectivity index (χ3v) is 3.59. The Morgan fingerprint density at radius 1 is 1.39 bits per heavy atom. The fourth-order valence-corrected chi connectivity index (χ4v) is 2.34. The van der Waals surface area contributed by atoms with Crippen LogP contribution in [0.25, 0.3) is 0 Å². The Morgan fingerprint density at radius 2 is 2.06 bits per heavy atom. The smallest absolute Gasteiger partial charge is 0.265 e. The van der Waals surface area contributed by atoms with Crippen LogP contribution >= 0.6 is 0 Å². The quantitative estimate of drug-likeness (QED) is 0.471. The minimum absolute atomic E-state index is 0.246. The molecule has 1 aliphatic rings. The third kappa shape index (κ3) is 3.31. The minimum atomic E-state index is -0.246. The number of nitrogens with one attached hydrogen (secondary N) is 1. The molecule has 1 aromatic rings. The van der Waals surface area contributed by atoms with Gasteiger partial charge in [0.05, 0.1) is 0 Å². The molecule has 0 aliphatic heterocycles. The Bertz CT molecular complexity index is 398. The lowest BCUT2D eigenvalue weighted by Gasteiger charge is -2.30. The molecular formula is C14H21N3O. The van der Waals surface area contributed by atoms with Crippen LogP contribution in [0, 0.1) is 5.92 Å². The second-order valence-corrected chi connectivity index (χ2v) is 5.16. The molecule has 4 heteroatoms. The monoisotopic (exact) mass is 247 g/mol. The van der Waals surface area contributed by atoms with Crippen molar-refractivity contribution in [2.24, 2.45) is 11.8 Å². The van der Waals surface area contributed by atoms with Gasteiger partial charge in [-0.1, -0.05) is 18.6 Å². The highest BCUT2D eigenvalue weighted by atomic mass is 16.2. The summed E-state index contributed by atoms with van der Waals surface area (Å²) in [6.45, 7) is 2.10. The zero-order valence-electron chi connectivity index (χ0n) is 10.9. The standard InChI is InChI=1S/C14H21N3O/c1-17(9-11-3-2-4-11)10-12-5-7-13(8-6-12)14(18)16-15/h5-8,11H,2-4,9-10,15H2,1H3,(H,16,18). The maximum atomic E-state index is 11.3. The van der Waals surface area contributed by atoms with Gasteiger partial charge in [0.25, 0.3) is 5.91 Å². The lowest BCUT2D eigenvalue weighted by molar-refractivity contribution is 0.0953. The summed E-state index contributed by atoms with van der Waals surface area (Å²) >= 11 is 0. The van der Waals surface area contributed by atoms with E-state index in [1.807, 2.05) is 24.3 Å². The van der Waals surface area contributed by atoms with Gasteiger partial charge in [0.2, 0.25) is 0 Å². The normalized spacial score (nSPS) is 15.5. The van der Waals surface area contributed by atoms with E-state index in [4.69, 9.17) is 5.84 Å².